The molecule has 0 aliphatic rings. The summed E-state index contributed by atoms with van der Waals surface area (Å²) in [4.78, 5) is 20.6. The second kappa shape index (κ2) is 9.16. The number of nitrogens with two attached hydrogens (primary N) is 1. The third-order valence-corrected chi connectivity index (χ3v) is 3.01. The van der Waals surface area contributed by atoms with Crippen LogP contribution in [0.2, 0.25) is 0 Å². The lowest BCUT2D eigenvalue weighted by Crippen LogP contribution is -2.32. The van der Waals surface area contributed by atoms with Gasteiger partial charge in [0.25, 0.3) is 0 Å². The fourth-order valence-electron chi connectivity index (χ4n) is 1.81. The van der Waals surface area contributed by atoms with Crippen LogP contribution < -0.4 is 5.73 Å². The maximum absolute atomic E-state index is 10.4. The Hall–Kier alpha value is -3.06. The van der Waals surface area contributed by atoms with Crippen molar-refractivity contribution in [1.82, 2.24) is 0 Å². The molecule has 2 aromatic rings. The molecule has 7 heteroatoms. The first kappa shape index (κ1) is 19.0. The number of phenolic OH excluding ortho intramolecular Hbond substituents is 2. The van der Waals surface area contributed by atoms with Gasteiger partial charge in [0.05, 0.1) is 6.42 Å². The van der Waals surface area contributed by atoms with E-state index in [-0.39, 0.29) is 17.9 Å². The third kappa shape index (κ3) is 6.80. The summed E-state index contributed by atoms with van der Waals surface area (Å²) in [5.41, 5.74) is 6.76. The third-order valence-electron chi connectivity index (χ3n) is 3.01. The first-order valence-electron chi connectivity index (χ1n) is 7.04. The molecule has 2 aromatic carbocycles. The molecule has 0 heterocycles. The van der Waals surface area contributed by atoms with Gasteiger partial charge in [-0.15, -0.1) is 0 Å². The molecule has 7 nitrogen and oxygen atoms in total. The van der Waals surface area contributed by atoms with Gasteiger partial charge in [0.2, 0.25) is 0 Å². The number of carbonyl (C=O) groups is 2. The Morgan fingerprint density at radius 3 is 2.04 bits per heavy atom. The zero-order valence-corrected chi connectivity index (χ0v) is 12.8. The standard InChI is InChI=1S/C9H11NO2.C8H8O4/c10-8(9(11)12)6-7-4-2-1-3-5-7;9-6-2-1-5(3-7(6)10)4-8(11)12/h1-5,8H,6,10H2,(H,11,12);1-3,9-10H,4H2,(H,11,12)/t8-;/m0./s1. The maximum Gasteiger partial charge on any atom is 0.320 e. The molecular weight excluding hydrogens is 314 g/mol. The van der Waals surface area contributed by atoms with E-state index in [1.165, 1.54) is 18.2 Å². The Balaban J connectivity index is 0.000000240. The average Bonchev–Trinajstić information content (AvgIpc) is 2.52. The summed E-state index contributed by atoms with van der Waals surface area (Å²) >= 11 is 0. The second-order valence-corrected chi connectivity index (χ2v) is 5.03. The Labute approximate surface area is 138 Å². The highest BCUT2D eigenvalue weighted by molar-refractivity contribution is 5.73. The lowest BCUT2D eigenvalue weighted by atomic mass is 10.1. The molecule has 0 aliphatic heterocycles. The zero-order chi connectivity index (χ0) is 18.1. The van der Waals surface area contributed by atoms with Crippen LogP contribution >= 0.6 is 0 Å². The first-order valence-corrected chi connectivity index (χ1v) is 7.04. The van der Waals surface area contributed by atoms with Gasteiger partial charge in [0.1, 0.15) is 6.04 Å². The second-order valence-electron chi connectivity index (χ2n) is 5.03. The fourth-order valence-corrected chi connectivity index (χ4v) is 1.81. The van der Waals surface area contributed by atoms with Crippen LogP contribution in [-0.2, 0) is 22.4 Å². The summed E-state index contributed by atoms with van der Waals surface area (Å²) in [6, 6.07) is 12.5. The number of carboxylic acids is 2. The number of aliphatic carboxylic acids is 2. The predicted octanol–water partition coefficient (Wildman–Crippen LogP) is 1.37. The van der Waals surface area contributed by atoms with E-state index >= 15 is 0 Å². The van der Waals surface area contributed by atoms with Crippen LogP contribution in [0.1, 0.15) is 11.1 Å². The number of carboxylic acid groups (broad SMARTS) is 2. The van der Waals surface area contributed by atoms with Crippen LogP contribution in [0, 0.1) is 0 Å². The van der Waals surface area contributed by atoms with Gasteiger partial charge < -0.3 is 26.2 Å². The van der Waals surface area contributed by atoms with E-state index in [2.05, 4.69) is 0 Å². The molecule has 2 rings (SSSR count). The summed E-state index contributed by atoms with van der Waals surface area (Å²) in [6.07, 6.45) is 0.226. The van der Waals surface area contributed by atoms with E-state index < -0.39 is 18.0 Å². The molecule has 0 amide bonds. The van der Waals surface area contributed by atoms with Crippen molar-refractivity contribution < 1.29 is 30.0 Å². The zero-order valence-electron chi connectivity index (χ0n) is 12.8. The fraction of sp³-hybridized carbons (Fsp3) is 0.176. The number of phenols is 2. The van der Waals surface area contributed by atoms with Gasteiger partial charge in [-0.05, 0) is 29.7 Å². The van der Waals surface area contributed by atoms with Crippen molar-refractivity contribution in [3.63, 3.8) is 0 Å². The minimum atomic E-state index is -0.972. The largest absolute Gasteiger partial charge is 0.504 e. The Bertz CT molecular complexity index is 687. The van der Waals surface area contributed by atoms with Crippen molar-refractivity contribution in [3.05, 3.63) is 59.7 Å². The highest BCUT2D eigenvalue weighted by atomic mass is 16.4. The maximum atomic E-state index is 10.4. The van der Waals surface area contributed by atoms with E-state index in [9.17, 15) is 9.59 Å². The summed E-state index contributed by atoms with van der Waals surface area (Å²) in [6.45, 7) is 0. The Morgan fingerprint density at radius 2 is 1.54 bits per heavy atom. The SMILES string of the molecule is N[C@@H](Cc1ccccc1)C(=O)O.O=C(O)Cc1ccc(O)c(O)c1. The van der Waals surface area contributed by atoms with Crippen molar-refractivity contribution in [2.24, 2.45) is 5.73 Å². The van der Waals surface area contributed by atoms with E-state index in [0.29, 0.717) is 12.0 Å². The van der Waals surface area contributed by atoms with E-state index in [1.54, 1.807) is 0 Å². The van der Waals surface area contributed by atoms with E-state index in [1.807, 2.05) is 30.3 Å². The number of benzene rings is 2. The van der Waals surface area contributed by atoms with E-state index in [4.69, 9.17) is 26.2 Å². The van der Waals surface area contributed by atoms with Gasteiger partial charge in [-0.25, -0.2) is 0 Å². The van der Waals surface area contributed by atoms with Crippen molar-refractivity contribution in [2.75, 3.05) is 0 Å². The number of rotatable bonds is 5. The lowest BCUT2D eigenvalue weighted by Gasteiger charge is -2.04. The Morgan fingerprint density at radius 1 is 0.917 bits per heavy atom. The number of aromatic hydroxyl groups is 2. The predicted molar refractivity (Wildman–Crippen MR) is 86.9 cm³/mol. The van der Waals surface area contributed by atoms with Crippen molar-refractivity contribution in [1.29, 1.82) is 0 Å². The highest BCUT2D eigenvalue weighted by Gasteiger charge is 2.11. The van der Waals surface area contributed by atoms with Crippen LogP contribution in [0.5, 0.6) is 11.5 Å². The van der Waals surface area contributed by atoms with Crippen molar-refractivity contribution in [2.45, 2.75) is 18.9 Å². The van der Waals surface area contributed by atoms with Crippen LogP contribution in [0.4, 0.5) is 0 Å². The smallest absolute Gasteiger partial charge is 0.320 e. The van der Waals surface area contributed by atoms with Crippen LogP contribution in [0.15, 0.2) is 48.5 Å². The summed E-state index contributed by atoms with van der Waals surface area (Å²) in [5, 5.41) is 34.8. The van der Waals surface area contributed by atoms with Gasteiger partial charge >= 0.3 is 11.9 Å². The molecule has 0 radical (unpaired) electrons. The molecule has 0 bridgehead atoms. The minimum absolute atomic E-state index is 0.159. The molecule has 0 unspecified atom stereocenters. The van der Waals surface area contributed by atoms with Gasteiger partial charge in [0.15, 0.2) is 11.5 Å². The van der Waals surface area contributed by atoms with Gasteiger partial charge in [0, 0.05) is 0 Å². The van der Waals surface area contributed by atoms with E-state index in [0.717, 1.165) is 5.56 Å². The van der Waals surface area contributed by atoms with Crippen LogP contribution in [-0.4, -0.2) is 38.4 Å². The molecule has 128 valence electrons. The molecule has 0 saturated heterocycles. The van der Waals surface area contributed by atoms with Crippen molar-refractivity contribution in [3.8, 4) is 11.5 Å². The number of hydrogen-bond donors (Lipinski definition) is 5. The van der Waals surface area contributed by atoms with Gasteiger partial charge in [-0.3, -0.25) is 9.59 Å². The molecular formula is C17H19NO6. The molecule has 0 saturated carbocycles. The highest BCUT2D eigenvalue weighted by Crippen LogP contribution is 2.24. The lowest BCUT2D eigenvalue weighted by molar-refractivity contribution is -0.138. The normalized spacial score (nSPS) is 11.0. The minimum Gasteiger partial charge on any atom is -0.504 e. The van der Waals surface area contributed by atoms with Crippen LogP contribution in [0.3, 0.4) is 0 Å². The molecule has 1 atom stereocenters. The summed E-state index contributed by atoms with van der Waals surface area (Å²) in [5.74, 6) is -2.48. The summed E-state index contributed by atoms with van der Waals surface area (Å²) < 4.78 is 0. The first-order chi connectivity index (χ1) is 11.3. The Kier molecular flexibility index (Phi) is 7.25. The topological polar surface area (TPSA) is 141 Å². The molecule has 6 N–H and O–H groups in total. The van der Waals surface area contributed by atoms with Gasteiger partial charge in [-0.2, -0.15) is 0 Å². The molecule has 0 aromatic heterocycles. The average molecular weight is 333 g/mol. The molecule has 0 spiro atoms. The van der Waals surface area contributed by atoms with Gasteiger partial charge in [-0.1, -0.05) is 36.4 Å². The summed E-state index contributed by atoms with van der Waals surface area (Å²) in [7, 11) is 0. The van der Waals surface area contributed by atoms with Crippen LogP contribution in [0.25, 0.3) is 0 Å². The number of hydrogen-bond acceptors (Lipinski definition) is 5. The quantitative estimate of drug-likeness (QED) is 0.520. The van der Waals surface area contributed by atoms with Crippen molar-refractivity contribution >= 4 is 11.9 Å². The molecule has 0 fully saturated rings. The molecule has 0 aliphatic carbocycles. The monoisotopic (exact) mass is 333 g/mol. The molecule has 24 heavy (non-hydrogen) atoms.